The predicted molar refractivity (Wildman–Crippen MR) is 232 cm³/mol. The van der Waals surface area contributed by atoms with Crippen LogP contribution in [0.25, 0.3) is 0 Å². The zero-order valence-electron chi connectivity index (χ0n) is 36.5. The first-order chi connectivity index (χ1) is 28.2. The molecule has 0 bridgehead atoms. The van der Waals surface area contributed by atoms with Crippen LogP contribution in [0.5, 0.6) is 11.5 Å². The van der Waals surface area contributed by atoms with Gasteiger partial charge in [0.2, 0.25) is 0 Å². The van der Waals surface area contributed by atoms with Crippen LogP contribution in [0.2, 0.25) is 0 Å². The maximum Gasteiger partial charge on any atom is 0.308 e. The number of unbranched alkanes of at least 4 members (excludes halogenated alkanes) is 6. The molecule has 4 aromatic carbocycles. The van der Waals surface area contributed by atoms with Gasteiger partial charge in [-0.05, 0) is 150 Å². The van der Waals surface area contributed by atoms with Crippen LogP contribution in [0.4, 0.5) is 22.7 Å². The van der Waals surface area contributed by atoms with Crippen molar-refractivity contribution in [2.75, 3.05) is 26.4 Å². The van der Waals surface area contributed by atoms with Crippen LogP contribution in [0, 0.1) is 56.8 Å². The molecule has 2 unspecified atom stereocenters. The third kappa shape index (κ3) is 23.3. The Labute approximate surface area is 394 Å². The van der Waals surface area contributed by atoms with Gasteiger partial charge in [0.15, 0.2) is 0 Å². The number of aryl methyl sites for hydroxylation is 2. The predicted octanol–water partition coefficient (Wildman–Crippen LogP) is 13.9. The molecular formula is C48H64N4O6UV. The SMILES string of the molecule is CCC(C)C(=O)OCCCCCCOc1ccc(N=Nc2ccc(C)cc2)cc1.CCC(C)C(=O)OCCCCCCOc1ccc(N=Nc2ccccc2C)cc1.[U].[V]. The molecule has 0 aliphatic carbocycles. The van der Waals surface area contributed by atoms with E-state index in [-0.39, 0.29) is 73.4 Å². The van der Waals surface area contributed by atoms with Crippen molar-refractivity contribution in [1.82, 2.24) is 0 Å². The minimum atomic E-state index is -0.0855. The number of carbonyl (C=O) groups is 2. The molecule has 0 saturated heterocycles. The molecule has 0 fully saturated rings. The minimum Gasteiger partial charge on any atom is -0.494 e. The second kappa shape index (κ2) is 33.0. The molecule has 0 amide bonds. The summed E-state index contributed by atoms with van der Waals surface area (Å²) >= 11 is 0. The van der Waals surface area contributed by atoms with Gasteiger partial charge in [-0.3, -0.25) is 9.59 Å². The van der Waals surface area contributed by atoms with Gasteiger partial charge in [-0.2, -0.15) is 20.5 Å². The minimum absolute atomic E-state index is 0. The topological polar surface area (TPSA) is 120 Å². The Hall–Kier alpha value is -3.74. The number of nitrogens with zero attached hydrogens (tertiary/aromatic N) is 4. The van der Waals surface area contributed by atoms with Crippen molar-refractivity contribution in [3.8, 4) is 11.5 Å². The van der Waals surface area contributed by atoms with Crippen LogP contribution >= 0.6 is 0 Å². The zero-order valence-corrected chi connectivity index (χ0v) is 42.0. The average Bonchev–Trinajstić information content (AvgIpc) is 3.25. The molecule has 1 radical (unpaired) electrons. The summed E-state index contributed by atoms with van der Waals surface area (Å²) in [6, 6.07) is 31.1. The van der Waals surface area contributed by atoms with Crippen molar-refractivity contribution in [1.29, 1.82) is 0 Å². The number of hydrogen-bond acceptors (Lipinski definition) is 10. The number of hydrogen-bond donors (Lipinski definition) is 0. The number of rotatable bonds is 24. The molecule has 10 nitrogen and oxygen atoms in total. The second-order valence-corrected chi connectivity index (χ2v) is 14.5. The summed E-state index contributed by atoms with van der Waals surface area (Å²) in [6.45, 7) is 14.2. The van der Waals surface area contributed by atoms with Gasteiger partial charge in [-0.25, -0.2) is 0 Å². The fraction of sp³-hybridized carbons (Fsp3) is 0.458. The zero-order chi connectivity index (χ0) is 41.8. The van der Waals surface area contributed by atoms with E-state index < -0.39 is 0 Å². The summed E-state index contributed by atoms with van der Waals surface area (Å²) in [7, 11) is 0. The second-order valence-electron chi connectivity index (χ2n) is 14.5. The number of ether oxygens (including phenoxy) is 4. The summed E-state index contributed by atoms with van der Waals surface area (Å²) < 4.78 is 22.0. The Bertz CT molecular complexity index is 1810. The van der Waals surface area contributed by atoms with Crippen molar-refractivity contribution in [2.24, 2.45) is 32.3 Å². The maximum atomic E-state index is 11.6. The molecular weight excluding hydrogens is 1020 g/mol. The third-order valence-electron chi connectivity index (χ3n) is 9.51. The summed E-state index contributed by atoms with van der Waals surface area (Å²) in [5.74, 6) is 1.50. The van der Waals surface area contributed by atoms with Gasteiger partial charge in [-0.15, -0.1) is 0 Å². The van der Waals surface area contributed by atoms with Gasteiger partial charge in [0.1, 0.15) is 11.5 Å². The van der Waals surface area contributed by atoms with Crippen LogP contribution in [-0.2, 0) is 37.6 Å². The largest absolute Gasteiger partial charge is 0.494 e. The van der Waals surface area contributed by atoms with E-state index in [9.17, 15) is 9.59 Å². The molecule has 0 saturated carbocycles. The number of benzene rings is 4. The third-order valence-corrected chi connectivity index (χ3v) is 9.51. The standard InChI is InChI=1S/2C24H32N2O3.U.V/c1-4-19(2)24(27)29-18-10-6-5-9-17-28-22-15-13-21(14-16-22)25-26-23-12-8-7-11-20(23)3;1-4-20(3)24(27)29-18-8-6-5-7-17-28-23-15-13-22(14-16-23)26-25-21-11-9-19(2)10-12-21;;/h7-8,11-16,19H,4-6,9-10,17-18H2,1-3H3;9-16,20H,4-8,17-18H2,1-3H3;;. The molecule has 12 heteroatoms. The van der Waals surface area contributed by atoms with E-state index in [0.717, 1.165) is 104 Å². The van der Waals surface area contributed by atoms with E-state index in [2.05, 4.69) is 20.5 Å². The van der Waals surface area contributed by atoms with E-state index in [4.69, 9.17) is 18.9 Å². The van der Waals surface area contributed by atoms with Crippen molar-refractivity contribution < 1.29 is 78.2 Å². The Balaban J connectivity index is 0.000000581. The van der Waals surface area contributed by atoms with Gasteiger partial charge in [0.05, 0.1) is 61.0 Å². The summed E-state index contributed by atoms with van der Waals surface area (Å²) in [5, 5.41) is 17.1. The molecule has 321 valence electrons. The van der Waals surface area contributed by atoms with Gasteiger partial charge in [-0.1, -0.05) is 63.6 Å². The monoisotopic (exact) mass is 1080 g/mol. The van der Waals surface area contributed by atoms with Crippen molar-refractivity contribution in [2.45, 2.75) is 106 Å². The molecule has 0 N–H and O–H groups in total. The first-order valence-electron chi connectivity index (χ1n) is 20.9. The Kier molecular flexibility index (Phi) is 29.8. The van der Waals surface area contributed by atoms with Crippen LogP contribution in [0.3, 0.4) is 0 Å². The van der Waals surface area contributed by atoms with Crippen molar-refractivity contribution in [3.63, 3.8) is 0 Å². The van der Waals surface area contributed by atoms with Crippen LogP contribution in [0.15, 0.2) is 118 Å². The van der Waals surface area contributed by atoms with Crippen LogP contribution in [-0.4, -0.2) is 38.4 Å². The van der Waals surface area contributed by atoms with Crippen LogP contribution < -0.4 is 9.47 Å². The molecule has 0 spiro atoms. The Morgan fingerprint density at radius 3 is 1.27 bits per heavy atom. The molecule has 2 atom stereocenters. The van der Waals surface area contributed by atoms with E-state index in [1.54, 1.807) is 0 Å². The maximum absolute atomic E-state index is 11.6. The first-order valence-corrected chi connectivity index (χ1v) is 20.9. The van der Waals surface area contributed by atoms with Crippen LogP contribution in [0.1, 0.15) is 103 Å². The Morgan fingerprint density at radius 1 is 0.500 bits per heavy atom. The fourth-order valence-corrected chi connectivity index (χ4v) is 5.19. The average molecular weight is 1080 g/mol. The summed E-state index contributed by atoms with van der Waals surface area (Å²) in [4.78, 5) is 23.1. The number of carbonyl (C=O) groups excluding carboxylic acids is 2. The molecule has 4 aromatic rings. The van der Waals surface area contributed by atoms with Gasteiger partial charge in [0.25, 0.3) is 0 Å². The van der Waals surface area contributed by atoms with Crippen molar-refractivity contribution >= 4 is 34.7 Å². The molecule has 0 heterocycles. The van der Waals surface area contributed by atoms with Gasteiger partial charge < -0.3 is 18.9 Å². The smallest absolute Gasteiger partial charge is 0.308 e. The summed E-state index contributed by atoms with van der Waals surface area (Å²) in [6.07, 6.45) is 9.62. The van der Waals surface area contributed by atoms with E-state index in [1.165, 1.54) is 5.56 Å². The van der Waals surface area contributed by atoms with E-state index in [0.29, 0.717) is 26.4 Å². The molecule has 0 aliphatic heterocycles. The summed E-state index contributed by atoms with van der Waals surface area (Å²) in [5.41, 5.74) is 5.62. The molecule has 0 aromatic heterocycles. The molecule has 60 heavy (non-hydrogen) atoms. The first kappa shape index (κ1) is 54.3. The van der Waals surface area contributed by atoms with Crippen molar-refractivity contribution in [3.05, 3.63) is 108 Å². The van der Waals surface area contributed by atoms with Gasteiger partial charge in [0, 0.05) is 49.7 Å². The van der Waals surface area contributed by atoms with E-state index in [1.807, 2.05) is 139 Å². The van der Waals surface area contributed by atoms with E-state index >= 15 is 0 Å². The molecule has 4 rings (SSSR count). The fourth-order valence-electron chi connectivity index (χ4n) is 5.19. The molecule has 0 aliphatic rings. The normalized spacial score (nSPS) is 11.7. The number of esters is 2. The Morgan fingerprint density at radius 2 is 0.867 bits per heavy atom. The van der Waals surface area contributed by atoms with Gasteiger partial charge >= 0.3 is 11.9 Å². The quantitative estimate of drug-likeness (QED) is 0.0391. The number of azo groups is 2.